The number of anilines is 1. The van der Waals surface area contributed by atoms with Gasteiger partial charge in [-0.25, -0.2) is 4.79 Å². The van der Waals surface area contributed by atoms with Gasteiger partial charge in [0.1, 0.15) is 5.00 Å². The fraction of sp³-hybridized carbons (Fsp3) is 0.429. The molecule has 1 amide bonds. The molecule has 0 radical (unpaired) electrons. The summed E-state index contributed by atoms with van der Waals surface area (Å²) in [5.41, 5.74) is 3.01. The fourth-order valence-corrected chi connectivity index (χ4v) is 4.98. The summed E-state index contributed by atoms with van der Waals surface area (Å²) >= 11 is 1.56. The van der Waals surface area contributed by atoms with Gasteiger partial charge in [0.2, 0.25) is 5.91 Å². The highest BCUT2D eigenvalue weighted by Crippen LogP contribution is 2.43. The lowest BCUT2D eigenvalue weighted by molar-refractivity contribution is -0.117. The molecule has 0 unspecified atom stereocenters. The van der Waals surface area contributed by atoms with Crippen molar-refractivity contribution >= 4 is 28.2 Å². The van der Waals surface area contributed by atoms with Crippen LogP contribution in [0.3, 0.4) is 0 Å². The van der Waals surface area contributed by atoms with E-state index in [4.69, 9.17) is 4.74 Å². The minimum atomic E-state index is -0.311. The summed E-state index contributed by atoms with van der Waals surface area (Å²) in [4.78, 5) is 26.0. The molecule has 0 saturated heterocycles. The van der Waals surface area contributed by atoms with Gasteiger partial charge in [-0.2, -0.15) is 0 Å². The number of rotatable bonds is 5. The standard InChI is InChI=1S/C21H23NO3S/c1-2-25-21(24)18-16-11-10-15(13-6-4-3-5-7-13)12-17(16)26-20(18)22-19(23)14-8-9-14/h3-7,14-15H,2,8-12H2,1H3,(H,22,23)/t15-/m0/s1. The normalized spacial score (nSPS) is 18.9. The number of carbonyl (C=O) groups is 2. The number of hydrogen-bond acceptors (Lipinski definition) is 4. The first-order valence-corrected chi connectivity index (χ1v) is 10.2. The van der Waals surface area contributed by atoms with E-state index in [2.05, 4.69) is 29.6 Å². The Morgan fingerprint density at radius 2 is 1.96 bits per heavy atom. The molecule has 1 N–H and O–H groups in total. The lowest BCUT2D eigenvalue weighted by Gasteiger charge is -2.23. The minimum Gasteiger partial charge on any atom is -0.462 e. The highest BCUT2D eigenvalue weighted by molar-refractivity contribution is 7.17. The minimum absolute atomic E-state index is 0.0359. The monoisotopic (exact) mass is 369 g/mol. The summed E-state index contributed by atoms with van der Waals surface area (Å²) in [6.45, 7) is 2.15. The highest BCUT2D eigenvalue weighted by Gasteiger charge is 2.34. The summed E-state index contributed by atoms with van der Waals surface area (Å²) in [6, 6.07) is 10.5. The molecule has 136 valence electrons. The van der Waals surface area contributed by atoms with E-state index in [0.717, 1.165) is 37.7 Å². The van der Waals surface area contributed by atoms with Crippen LogP contribution >= 0.6 is 11.3 Å². The number of benzene rings is 1. The molecule has 4 rings (SSSR count). The average Bonchev–Trinajstić information content (AvgIpc) is 3.44. The third-order valence-corrected chi connectivity index (χ3v) is 6.37. The van der Waals surface area contributed by atoms with Crippen LogP contribution in [0.5, 0.6) is 0 Å². The Bertz CT molecular complexity index is 823. The smallest absolute Gasteiger partial charge is 0.341 e. The van der Waals surface area contributed by atoms with Gasteiger partial charge in [0.05, 0.1) is 12.2 Å². The highest BCUT2D eigenvalue weighted by atomic mass is 32.1. The predicted octanol–water partition coefficient (Wildman–Crippen LogP) is 4.55. The van der Waals surface area contributed by atoms with Gasteiger partial charge in [0.25, 0.3) is 0 Å². The Morgan fingerprint density at radius 3 is 2.65 bits per heavy atom. The van der Waals surface area contributed by atoms with Crippen molar-refractivity contribution in [3.05, 3.63) is 51.9 Å². The quantitative estimate of drug-likeness (QED) is 0.787. The SMILES string of the molecule is CCOC(=O)c1c(NC(=O)C2CC2)sc2c1CC[C@H](c1ccccc1)C2. The number of nitrogens with one attached hydrogen (secondary N) is 1. The maximum absolute atomic E-state index is 12.6. The van der Waals surface area contributed by atoms with E-state index in [0.29, 0.717) is 23.1 Å². The molecule has 2 aliphatic carbocycles. The third kappa shape index (κ3) is 3.40. The molecule has 1 fully saturated rings. The van der Waals surface area contributed by atoms with E-state index < -0.39 is 0 Å². The van der Waals surface area contributed by atoms with Gasteiger partial charge in [0, 0.05) is 10.8 Å². The molecule has 2 aromatic rings. The van der Waals surface area contributed by atoms with Crippen LogP contribution in [0.25, 0.3) is 0 Å². The Morgan fingerprint density at radius 1 is 1.19 bits per heavy atom. The van der Waals surface area contributed by atoms with Crippen molar-refractivity contribution < 1.29 is 14.3 Å². The average molecular weight is 369 g/mol. The number of hydrogen-bond donors (Lipinski definition) is 1. The van der Waals surface area contributed by atoms with Crippen molar-refractivity contribution in [2.24, 2.45) is 5.92 Å². The Kier molecular flexibility index (Phi) is 4.81. The fourth-order valence-electron chi connectivity index (χ4n) is 3.66. The number of esters is 1. The lowest BCUT2D eigenvalue weighted by atomic mass is 9.83. The van der Waals surface area contributed by atoms with Crippen molar-refractivity contribution in [2.75, 3.05) is 11.9 Å². The molecule has 1 saturated carbocycles. The van der Waals surface area contributed by atoms with E-state index in [-0.39, 0.29) is 17.8 Å². The number of fused-ring (bicyclic) bond motifs is 1. The first-order chi connectivity index (χ1) is 12.7. The van der Waals surface area contributed by atoms with E-state index in [9.17, 15) is 9.59 Å². The van der Waals surface area contributed by atoms with Gasteiger partial charge in [-0.05, 0) is 56.1 Å². The largest absolute Gasteiger partial charge is 0.462 e. The molecule has 2 aliphatic rings. The van der Waals surface area contributed by atoms with Crippen LogP contribution in [-0.2, 0) is 22.4 Å². The van der Waals surface area contributed by atoms with Crippen LogP contribution in [0.1, 0.15) is 58.5 Å². The molecule has 4 nitrogen and oxygen atoms in total. The van der Waals surface area contributed by atoms with Crippen LogP contribution in [0, 0.1) is 5.92 Å². The van der Waals surface area contributed by atoms with Gasteiger partial charge < -0.3 is 10.1 Å². The molecular formula is C21H23NO3S. The zero-order valence-corrected chi connectivity index (χ0v) is 15.7. The third-order valence-electron chi connectivity index (χ3n) is 5.20. The van der Waals surface area contributed by atoms with Crippen molar-refractivity contribution in [3.63, 3.8) is 0 Å². The number of amides is 1. The molecule has 1 aromatic heterocycles. The summed E-state index contributed by atoms with van der Waals surface area (Å²) in [7, 11) is 0. The van der Waals surface area contributed by atoms with Crippen LogP contribution in [-0.4, -0.2) is 18.5 Å². The molecule has 1 aromatic carbocycles. The van der Waals surface area contributed by atoms with Crippen molar-refractivity contribution in [2.45, 2.75) is 44.9 Å². The maximum Gasteiger partial charge on any atom is 0.341 e. The van der Waals surface area contributed by atoms with E-state index in [1.54, 1.807) is 11.3 Å². The Labute approximate surface area is 157 Å². The molecule has 0 bridgehead atoms. The molecule has 26 heavy (non-hydrogen) atoms. The summed E-state index contributed by atoms with van der Waals surface area (Å²) < 4.78 is 5.28. The summed E-state index contributed by atoms with van der Waals surface area (Å²) in [5, 5.41) is 3.68. The molecule has 1 heterocycles. The Hall–Kier alpha value is -2.14. The van der Waals surface area contributed by atoms with Gasteiger partial charge in [-0.1, -0.05) is 30.3 Å². The number of ether oxygens (including phenoxy) is 1. The molecule has 0 spiro atoms. The van der Waals surface area contributed by atoms with Crippen LogP contribution < -0.4 is 5.32 Å². The molecular weight excluding hydrogens is 346 g/mol. The van der Waals surface area contributed by atoms with Gasteiger partial charge in [-0.3, -0.25) is 4.79 Å². The second-order valence-corrected chi connectivity index (χ2v) is 8.15. The molecule has 1 atom stereocenters. The lowest BCUT2D eigenvalue weighted by Crippen LogP contribution is -2.17. The van der Waals surface area contributed by atoms with Crippen molar-refractivity contribution in [1.29, 1.82) is 0 Å². The van der Waals surface area contributed by atoms with Crippen molar-refractivity contribution in [1.82, 2.24) is 0 Å². The van der Waals surface area contributed by atoms with Gasteiger partial charge >= 0.3 is 5.97 Å². The van der Waals surface area contributed by atoms with E-state index >= 15 is 0 Å². The molecule has 0 aliphatic heterocycles. The number of carbonyl (C=O) groups excluding carboxylic acids is 2. The first-order valence-electron chi connectivity index (χ1n) is 9.34. The van der Waals surface area contributed by atoms with Gasteiger partial charge in [-0.15, -0.1) is 11.3 Å². The second kappa shape index (κ2) is 7.23. The molecule has 5 heteroatoms. The second-order valence-electron chi connectivity index (χ2n) is 7.04. The Balaban J connectivity index is 1.64. The van der Waals surface area contributed by atoms with E-state index in [1.165, 1.54) is 10.4 Å². The maximum atomic E-state index is 12.6. The van der Waals surface area contributed by atoms with Crippen LogP contribution in [0.15, 0.2) is 30.3 Å². The van der Waals surface area contributed by atoms with Crippen LogP contribution in [0.2, 0.25) is 0 Å². The van der Waals surface area contributed by atoms with E-state index in [1.807, 2.05) is 13.0 Å². The predicted molar refractivity (Wildman–Crippen MR) is 103 cm³/mol. The zero-order valence-electron chi connectivity index (χ0n) is 14.9. The van der Waals surface area contributed by atoms with Gasteiger partial charge in [0.15, 0.2) is 0 Å². The number of thiophene rings is 1. The first kappa shape index (κ1) is 17.3. The van der Waals surface area contributed by atoms with Crippen molar-refractivity contribution in [3.8, 4) is 0 Å². The summed E-state index contributed by atoms with van der Waals surface area (Å²) in [6.07, 6.45) is 4.66. The topological polar surface area (TPSA) is 55.4 Å². The summed E-state index contributed by atoms with van der Waals surface area (Å²) in [5.74, 6) is 0.300. The zero-order chi connectivity index (χ0) is 18.1. The van der Waals surface area contributed by atoms with Crippen LogP contribution in [0.4, 0.5) is 5.00 Å².